The van der Waals surface area contributed by atoms with Crippen LogP contribution in [0.1, 0.15) is 55.9 Å². The fourth-order valence-electron chi connectivity index (χ4n) is 3.73. The smallest absolute Gasteiger partial charge is 0.286 e. The predicted molar refractivity (Wildman–Crippen MR) is 138 cm³/mol. The van der Waals surface area contributed by atoms with Crippen LogP contribution in [0.4, 0.5) is 4.79 Å². The summed E-state index contributed by atoms with van der Waals surface area (Å²) < 4.78 is 1.14. The number of fused-ring (bicyclic) bond motifs is 1. The van der Waals surface area contributed by atoms with Crippen molar-refractivity contribution in [1.29, 1.82) is 0 Å². The van der Waals surface area contributed by atoms with Gasteiger partial charge >= 0.3 is 0 Å². The summed E-state index contributed by atoms with van der Waals surface area (Å²) in [6.07, 6.45) is 6.29. The van der Waals surface area contributed by atoms with E-state index in [1.54, 1.807) is 23.2 Å². The number of benzene rings is 1. The van der Waals surface area contributed by atoms with Crippen molar-refractivity contribution in [2.45, 2.75) is 63.7 Å². The van der Waals surface area contributed by atoms with Crippen LogP contribution in [-0.4, -0.2) is 45.1 Å². The number of rotatable bonds is 12. The van der Waals surface area contributed by atoms with Crippen LogP contribution in [0.3, 0.4) is 0 Å². The Morgan fingerprint density at radius 3 is 2.58 bits per heavy atom. The van der Waals surface area contributed by atoms with E-state index < -0.39 is 0 Å². The van der Waals surface area contributed by atoms with E-state index in [-0.39, 0.29) is 27.4 Å². The molecule has 1 aromatic heterocycles. The molecule has 9 heteroatoms. The third-order valence-electron chi connectivity index (χ3n) is 5.47. The largest absolute Gasteiger partial charge is 0.341 e. The van der Waals surface area contributed by atoms with Gasteiger partial charge in [0, 0.05) is 48.7 Å². The highest BCUT2D eigenvalue weighted by molar-refractivity contribution is 8.15. The molecule has 1 N–H and O–H groups in total. The lowest BCUT2D eigenvalue weighted by Crippen LogP contribution is -2.25. The molecular formula is C24H30N2O4S3. The minimum Gasteiger partial charge on any atom is -0.341 e. The van der Waals surface area contributed by atoms with Gasteiger partial charge in [-0.25, -0.2) is 0 Å². The van der Waals surface area contributed by atoms with Crippen molar-refractivity contribution < 1.29 is 19.2 Å². The van der Waals surface area contributed by atoms with Crippen LogP contribution >= 0.6 is 34.9 Å². The summed E-state index contributed by atoms with van der Waals surface area (Å²) in [4.78, 5) is 49.4. The molecule has 2 aromatic rings. The van der Waals surface area contributed by atoms with Crippen molar-refractivity contribution in [1.82, 2.24) is 10.2 Å². The Morgan fingerprint density at radius 2 is 1.85 bits per heavy atom. The topological polar surface area (TPSA) is 83.6 Å². The van der Waals surface area contributed by atoms with E-state index in [0.29, 0.717) is 19.4 Å². The summed E-state index contributed by atoms with van der Waals surface area (Å²) in [7, 11) is 1.84. The van der Waals surface area contributed by atoms with Gasteiger partial charge in [-0.1, -0.05) is 48.9 Å². The zero-order chi connectivity index (χ0) is 23.8. The lowest BCUT2D eigenvalue weighted by molar-refractivity contribution is -0.130. The first-order valence-electron chi connectivity index (χ1n) is 11.2. The molecule has 1 saturated heterocycles. The van der Waals surface area contributed by atoms with Crippen LogP contribution in [0.2, 0.25) is 0 Å². The fourth-order valence-corrected chi connectivity index (χ4v) is 6.41. The number of nitrogens with one attached hydrogen (secondary N) is 1. The van der Waals surface area contributed by atoms with Crippen LogP contribution in [0.15, 0.2) is 24.3 Å². The predicted octanol–water partition coefficient (Wildman–Crippen LogP) is 5.37. The minimum absolute atomic E-state index is 0.155. The third kappa shape index (κ3) is 8.15. The van der Waals surface area contributed by atoms with Gasteiger partial charge in [0.2, 0.25) is 11.8 Å². The van der Waals surface area contributed by atoms with Crippen molar-refractivity contribution in [2.24, 2.45) is 0 Å². The Morgan fingerprint density at radius 1 is 1.09 bits per heavy atom. The molecule has 178 valence electrons. The fraction of sp³-hybridized carbons (Fsp3) is 0.500. The highest BCUT2D eigenvalue weighted by Crippen LogP contribution is 2.31. The van der Waals surface area contributed by atoms with Gasteiger partial charge in [-0.05, 0) is 42.0 Å². The highest BCUT2D eigenvalue weighted by Gasteiger charge is 2.31. The first-order valence-corrected chi connectivity index (χ1v) is 13.9. The van der Waals surface area contributed by atoms with Crippen LogP contribution in [0.5, 0.6) is 0 Å². The molecule has 3 rings (SSSR count). The van der Waals surface area contributed by atoms with E-state index in [1.165, 1.54) is 11.8 Å². The number of thioether (sulfide) groups is 2. The molecule has 1 atom stereocenters. The van der Waals surface area contributed by atoms with Crippen molar-refractivity contribution in [3.8, 4) is 0 Å². The van der Waals surface area contributed by atoms with Crippen molar-refractivity contribution in [2.75, 3.05) is 12.8 Å². The van der Waals surface area contributed by atoms with Crippen molar-refractivity contribution >= 4 is 67.1 Å². The molecule has 0 spiro atoms. The van der Waals surface area contributed by atoms with E-state index in [4.69, 9.17) is 0 Å². The Bertz CT molecular complexity index is 1020. The van der Waals surface area contributed by atoms with Crippen LogP contribution in [0.25, 0.3) is 10.1 Å². The second-order valence-corrected chi connectivity index (χ2v) is 11.9. The first kappa shape index (κ1) is 25.8. The molecule has 3 amide bonds. The van der Waals surface area contributed by atoms with Crippen molar-refractivity contribution in [3.05, 3.63) is 34.7 Å². The maximum absolute atomic E-state index is 12.5. The maximum Gasteiger partial charge on any atom is 0.286 e. The second-order valence-electron chi connectivity index (χ2n) is 8.28. The third-order valence-corrected chi connectivity index (χ3v) is 8.49. The number of thiophene rings is 1. The molecule has 0 bridgehead atoms. The zero-order valence-corrected chi connectivity index (χ0v) is 21.5. The minimum atomic E-state index is -0.354. The maximum atomic E-state index is 12.5. The molecule has 1 aliphatic rings. The van der Waals surface area contributed by atoms with E-state index in [0.717, 1.165) is 70.1 Å². The normalized spacial score (nSPS) is 15.8. The first-order chi connectivity index (χ1) is 15.8. The highest BCUT2D eigenvalue weighted by atomic mass is 32.2. The molecule has 1 unspecified atom stereocenters. The Kier molecular flexibility index (Phi) is 9.82. The van der Waals surface area contributed by atoms with Crippen LogP contribution in [0, 0.1) is 0 Å². The van der Waals surface area contributed by atoms with Gasteiger partial charge < -0.3 is 4.90 Å². The molecule has 0 saturated carbocycles. The summed E-state index contributed by atoms with van der Waals surface area (Å²) in [6, 6.07) is 8.29. The number of carbonyl (C=O) groups is 4. The van der Waals surface area contributed by atoms with Crippen molar-refractivity contribution in [3.63, 3.8) is 0 Å². The van der Waals surface area contributed by atoms with E-state index in [1.807, 2.05) is 13.1 Å². The van der Waals surface area contributed by atoms with Crippen LogP contribution in [-0.2, 0) is 27.3 Å². The molecule has 6 nitrogen and oxygen atoms in total. The molecule has 0 radical (unpaired) electrons. The number of imide groups is 1. The van der Waals surface area contributed by atoms with Gasteiger partial charge in [-0.2, -0.15) is 0 Å². The van der Waals surface area contributed by atoms with Gasteiger partial charge in [0.1, 0.15) is 0 Å². The quantitative estimate of drug-likeness (QED) is 0.390. The molecule has 2 heterocycles. The number of unbranched alkanes of at least 4 members (excludes halogenated alkanes) is 4. The molecular weight excluding hydrogens is 476 g/mol. The zero-order valence-electron chi connectivity index (χ0n) is 19.1. The standard InChI is InChI=1S/C24H30N2O4S3/c1-16(27)31-11-7-5-3-4-6-8-22(28)26(2)15-17-9-10-20-18(12-17)13-19(32-20)14-21-23(29)25-24(30)33-21/h9-10,12-13,21H,3-8,11,14-15H2,1-2H3,(H,25,29,30). The van der Waals surface area contributed by atoms with Gasteiger partial charge in [0.15, 0.2) is 5.12 Å². The lowest BCUT2D eigenvalue weighted by atomic mass is 10.1. The number of amides is 3. The average Bonchev–Trinajstić information content (AvgIpc) is 3.30. The molecule has 1 aliphatic heterocycles. The van der Waals surface area contributed by atoms with E-state index in [2.05, 4.69) is 23.5 Å². The number of carbonyl (C=O) groups excluding carboxylic acids is 4. The summed E-state index contributed by atoms with van der Waals surface area (Å²) in [5, 5.41) is 2.99. The second kappa shape index (κ2) is 12.6. The van der Waals surface area contributed by atoms with Gasteiger partial charge in [-0.3, -0.25) is 24.5 Å². The van der Waals surface area contributed by atoms with Gasteiger partial charge in [0.05, 0.1) is 5.25 Å². The molecule has 1 fully saturated rings. The number of nitrogens with zero attached hydrogens (tertiary/aromatic N) is 1. The molecule has 33 heavy (non-hydrogen) atoms. The Labute approximate surface area is 207 Å². The summed E-state index contributed by atoms with van der Waals surface area (Å²) >= 11 is 4.08. The Balaban J connectivity index is 1.42. The summed E-state index contributed by atoms with van der Waals surface area (Å²) in [5.74, 6) is 0.832. The average molecular weight is 507 g/mol. The Hall–Kier alpha value is -1.84. The van der Waals surface area contributed by atoms with Gasteiger partial charge in [0.25, 0.3) is 5.24 Å². The van der Waals surface area contributed by atoms with E-state index in [9.17, 15) is 19.2 Å². The summed E-state index contributed by atoms with van der Waals surface area (Å²) in [5.41, 5.74) is 1.08. The van der Waals surface area contributed by atoms with E-state index >= 15 is 0 Å². The number of hydrogen-bond acceptors (Lipinski definition) is 7. The number of hydrogen-bond donors (Lipinski definition) is 1. The van der Waals surface area contributed by atoms with Crippen LogP contribution < -0.4 is 5.32 Å². The monoisotopic (exact) mass is 506 g/mol. The SMILES string of the molecule is CC(=O)SCCCCCCCC(=O)N(C)Cc1ccc2sc(CC3SC(=O)NC3=O)cc2c1. The molecule has 1 aromatic carbocycles. The lowest BCUT2D eigenvalue weighted by Gasteiger charge is -2.17. The summed E-state index contributed by atoms with van der Waals surface area (Å²) in [6.45, 7) is 2.17. The van der Waals surface area contributed by atoms with Gasteiger partial charge in [-0.15, -0.1) is 11.3 Å². The molecule has 0 aliphatic carbocycles.